The van der Waals surface area contributed by atoms with Crippen LogP contribution in [0.4, 0.5) is 5.69 Å². The van der Waals surface area contributed by atoms with E-state index in [1.54, 1.807) is 25.3 Å². The molecule has 5 rings (SSSR count). The monoisotopic (exact) mass is 456 g/mol. The number of nitriles is 1. The van der Waals surface area contributed by atoms with Gasteiger partial charge in [0.05, 0.1) is 34.4 Å². The molecule has 0 saturated heterocycles. The van der Waals surface area contributed by atoms with Crippen LogP contribution in [0.3, 0.4) is 0 Å². The first kappa shape index (κ1) is 22.1. The number of nitrogens with one attached hydrogen (secondary N) is 1. The van der Waals surface area contributed by atoms with Crippen molar-refractivity contribution in [3.63, 3.8) is 0 Å². The zero-order valence-electron chi connectivity index (χ0n) is 19.7. The van der Waals surface area contributed by atoms with Gasteiger partial charge in [0.1, 0.15) is 11.8 Å². The minimum absolute atomic E-state index is 0.288. The molecular weight excluding hydrogens is 428 g/mol. The highest BCUT2D eigenvalue weighted by atomic mass is 16.5. The molecule has 3 heterocycles. The van der Waals surface area contributed by atoms with Crippen LogP contribution in [0.15, 0.2) is 42.7 Å². The maximum Gasteiger partial charge on any atom is 0.274 e. The van der Waals surface area contributed by atoms with Crippen LogP contribution in [0.2, 0.25) is 0 Å². The van der Waals surface area contributed by atoms with Crippen LogP contribution in [0.5, 0.6) is 0 Å². The van der Waals surface area contributed by atoms with E-state index in [1.165, 1.54) is 30.0 Å². The number of ether oxygens (including phenoxy) is 1. The SMILES string of the molecule is COC(C)(C)c1cc2nn(C3CCCCC3)cc2cc1NC(=O)c1ccc2cc(C#N)cnn12. The van der Waals surface area contributed by atoms with Gasteiger partial charge in [-0.25, -0.2) is 4.52 Å². The summed E-state index contributed by atoms with van der Waals surface area (Å²) in [6.45, 7) is 3.94. The second-order valence-corrected chi connectivity index (χ2v) is 9.44. The molecule has 1 N–H and O–H groups in total. The van der Waals surface area contributed by atoms with Crippen LogP contribution >= 0.6 is 0 Å². The van der Waals surface area contributed by atoms with Gasteiger partial charge in [-0.2, -0.15) is 15.5 Å². The zero-order valence-corrected chi connectivity index (χ0v) is 19.7. The molecule has 0 aliphatic heterocycles. The number of carbonyl (C=O) groups excluding carboxylic acids is 1. The lowest BCUT2D eigenvalue weighted by molar-refractivity contribution is 0.0199. The number of rotatable bonds is 5. The van der Waals surface area contributed by atoms with E-state index in [-0.39, 0.29) is 5.91 Å². The van der Waals surface area contributed by atoms with Gasteiger partial charge in [-0.1, -0.05) is 19.3 Å². The van der Waals surface area contributed by atoms with Crippen LogP contribution in [-0.4, -0.2) is 32.4 Å². The Bertz CT molecular complexity index is 1420. The fourth-order valence-electron chi connectivity index (χ4n) is 4.75. The van der Waals surface area contributed by atoms with Crippen LogP contribution < -0.4 is 5.32 Å². The first-order chi connectivity index (χ1) is 16.4. The fraction of sp³-hybridized carbons (Fsp3) is 0.385. The van der Waals surface area contributed by atoms with Gasteiger partial charge < -0.3 is 10.1 Å². The fourth-order valence-corrected chi connectivity index (χ4v) is 4.75. The van der Waals surface area contributed by atoms with Gasteiger partial charge in [-0.05, 0) is 57.0 Å². The quantitative estimate of drug-likeness (QED) is 0.445. The third kappa shape index (κ3) is 3.93. The Morgan fingerprint density at radius 2 is 2.00 bits per heavy atom. The highest BCUT2D eigenvalue weighted by Crippen LogP contribution is 2.36. The lowest BCUT2D eigenvalue weighted by Gasteiger charge is -2.26. The molecule has 1 saturated carbocycles. The van der Waals surface area contributed by atoms with Crippen molar-refractivity contribution in [2.45, 2.75) is 57.6 Å². The van der Waals surface area contributed by atoms with Crippen molar-refractivity contribution in [3.8, 4) is 6.07 Å². The summed E-state index contributed by atoms with van der Waals surface area (Å²) in [6.07, 6.45) is 9.60. The summed E-state index contributed by atoms with van der Waals surface area (Å²) in [4.78, 5) is 13.3. The number of nitrogens with zero attached hydrogens (tertiary/aromatic N) is 5. The number of benzene rings is 1. The van der Waals surface area contributed by atoms with E-state index in [0.29, 0.717) is 28.5 Å². The molecule has 8 heteroatoms. The van der Waals surface area contributed by atoms with E-state index in [4.69, 9.17) is 15.1 Å². The third-order valence-corrected chi connectivity index (χ3v) is 6.88. The summed E-state index contributed by atoms with van der Waals surface area (Å²) in [6, 6.07) is 11.7. The van der Waals surface area contributed by atoms with Crippen molar-refractivity contribution in [1.29, 1.82) is 5.26 Å². The molecule has 0 atom stereocenters. The van der Waals surface area contributed by atoms with Crippen molar-refractivity contribution in [3.05, 3.63) is 59.5 Å². The Morgan fingerprint density at radius 1 is 1.21 bits per heavy atom. The Kier molecular flexibility index (Phi) is 5.58. The Morgan fingerprint density at radius 3 is 2.74 bits per heavy atom. The summed E-state index contributed by atoms with van der Waals surface area (Å²) in [5, 5.41) is 22.3. The number of carbonyl (C=O) groups is 1. The van der Waals surface area contributed by atoms with E-state index < -0.39 is 5.60 Å². The van der Waals surface area contributed by atoms with Crippen LogP contribution in [0, 0.1) is 11.3 Å². The van der Waals surface area contributed by atoms with Gasteiger partial charge in [0.2, 0.25) is 0 Å². The Balaban J connectivity index is 1.54. The summed E-state index contributed by atoms with van der Waals surface area (Å²) in [5.41, 5.74) is 3.31. The third-order valence-electron chi connectivity index (χ3n) is 6.88. The molecule has 0 radical (unpaired) electrons. The Labute approximate surface area is 198 Å². The topological polar surface area (TPSA) is 97.2 Å². The lowest BCUT2D eigenvalue weighted by Crippen LogP contribution is -2.24. The van der Waals surface area contributed by atoms with E-state index in [2.05, 4.69) is 27.4 Å². The van der Waals surface area contributed by atoms with Crippen LogP contribution in [-0.2, 0) is 10.3 Å². The second-order valence-electron chi connectivity index (χ2n) is 9.44. The molecule has 1 amide bonds. The summed E-state index contributed by atoms with van der Waals surface area (Å²) in [5.74, 6) is -0.288. The van der Waals surface area contributed by atoms with Crippen molar-refractivity contribution in [2.24, 2.45) is 0 Å². The molecule has 1 aliphatic carbocycles. The maximum absolute atomic E-state index is 13.3. The number of hydrogen-bond donors (Lipinski definition) is 1. The molecule has 0 unspecified atom stereocenters. The minimum atomic E-state index is -0.632. The predicted molar refractivity (Wildman–Crippen MR) is 130 cm³/mol. The molecule has 1 aromatic carbocycles. The van der Waals surface area contributed by atoms with Gasteiger partial charge >= 0.3 is 0 Å². The molecule has 3 aromatic heterocycles. The molecule has 34 heavy (non-hydrogen) atoms. The van der Waals surface area contributed by atoms with Gasteiger partial charge in [0.25, 0.3) is 5.91 Å². The van der Waals surface area contributed by atoms with E-state index in [0.717, 1.165) is 29.3 Å². The largest absolute Gasteiger partial charge is 0.374 e. The summed E-state index contributed by atoms with van der Waals surface area (Å²) in [7, 11) is 1.66. The van der Waals surface area contributed by atoms with Crippen molar-refractivity contribution in [2.75, 3.05) is 12.4 Å². The van der Waals surface area contributed by atoms with E-state index in [9.17, 15) is 4.79 Å². The van der Waals surface area contributed by atoms with E-state index >= 15 is 0 Å². The highest BCUT2D eigenvalue weighted by Gasteiger charge is 2.27. The molecular formula is C26H28N6O2. The zero-order chi connectivity index (χ0) is 23.9. The average molecular weight is 457 g/mol. The molecule has 4 aromatic rings. The molecule has 0 spiro atoms. The normalized spacial score (nSPS) is 15.0. The van der Waals surface area contributed by atoms with Crippen molar-refractivity contribution >= 4 is 28.0 Å². The number of amides is 1. The molecule has 1 fully saturated rings. The number of fused-ring (bicyclic) bond motifs is 2. The minimum Gasteiger partial charge on any atom is -0.374 e. The first-order valence-electron chi connectivity index (χ1n) is 11.7. The molecule has 8 nitrogen and oxygen atoms in total. The van der Waals surface area contributed by atoms with Crippen molar-refractivity contribution < 1.29 is 9.53 Å². The van der Waals surface area contributed by atoms with Gasteiger partial charge in [0, 0.05) is 29.9 Å². The molecule has 0 bridgehead atoms. The standard InChI is InChI=1S/C26H28N6O2/c1-26(2,34-3)21-13-22-18(16-31(30-22)19-7-5-4-6-8-19)12-23(21)29-25(33)24-10-9-20-11-17(14-27)15-28-32(20)24/h9-13,15-16,19H,4-8H2,1-3H3,(H,29,33). The van der Waals surface area contributed by atoms with E-state index in [1.807, 2.05) is 26.0 Å². The predicted octanol–water partition coefficient (Wildman–Crippen LogP) is 5.19. The number of methoxy groups -OCH3 is 1. The Hall–Kier alpha value is -3.70. The average Bonchev–Trinajstić information content (AvgIpc) is 3.47. The smallest absolute Gasteiger partial charge is 0.274 e. The second kappa shape index (κ2) is 8.58. The van der Waals surface area contributed by atoms with Crippen LogP contribution in [0.1, 0.15) is 73.6 Å². The summed E-state index contributed by atoms with van der Waals surface area (Å²) < 4.78 is 9.40. The number of anilines is 1. The molecule has 1 aliphatic rings. The lowest BCUT2D eigenvalue weighted by atomic mass is 9.94. The van der Waals surface area contributed by atoms with Crippen LogP contribution in [0.25, 0.3) is 16.4 Å². The maximum atomic E-state index is 13.3. The van der Waals surface area contributed by atoms with Gasteiger partial charge in [-0.15, -0.1) is 0 Å². The number of aromatic nitrogens is 4. The van der Waals surface area contributed by atoms with Crippen molar-refractivity contribution in [1.82, 2.24) is 19.4 Å². The number of hydrogen-bond acceptors (Lipinski definition) is 5. The molecule has 174 valence electrons. The van der Waals surface area contributed by atoms with Gasteiger partial charge in [-0.3, -0.25) is 9.48 Å². The first-order valence-corrected chi connectivity index (χ1v) is 11.7. The summed E-state index contributed by atoms with van der Waals surface area (Å²) >= 11 is 0. The highest BCUT2D eigenvalue weighted by molar-refractivity contribution is 6.05. The van der Waals surface area contributed by atoms with Gasteiger partial charge in [0.15, 0.2) is 0 Å².